The number of benzene rings is 2. The van der Waals surface area contributed by atoms with Crippen LogP contribution >= 0.6 is 0 Å². The highest BCUT2D eigenvalue weighted by Crippen LogP contribution is 2.37. The summed E-state index contributed by atoms with van der Waals surface area (Å²) in [5.74, 6) is 0.525. The van der Waals surface area contributed by atoms with Crippen LogP contribution in [0.2, 0.25) is 0 Å². The van der Waals surface area contributed by atoms with E-state index in [0.717, 1.165) is 17.7 Å². The van der Waals surface area contributed by atoms with Gasteiger partial charge >= 0.3 is 0 Å². The number of aryl methyl sites for hydroxylation is 2. The molecule has 0 atom stereocenters. The Morgan fingerprint density at radius 2 is 1.77 bits per heavy atom. The standard InChI is InChI=1S/C23H23N3O4S/c1-5-26-13-16(12-24-26)15-6-8-18-19(10-15)21(14-25(2)23(18)27)20-11-17(31(4,28)29)7-9-22(20)30-3/h6-14H,5H2,1-4H3. The first-order valence-corrected chi connectivity index (χ1v) is 11.7. The van der Waals surface area contributed by atoms with Crippen molar-refractivity contribution < 1.29 is 13.2 Å². The molecule has 0 radical (unpaired) electrons. The minimum atomic E-state index is -3.42. The molecule has 0 aliphatic carbocycles. The van der Waals surface area contributed by atoms with E-state index in [0.29, 0.717) is 27.6 Å². The van der Waals surface area contributed by atoms with Crippen LogP contribution in [0.3, 0.4) is 0 Å². The minimum absolute atomic E-state index is 0.132. The lowest BCUT2D eigenvalue weighted by molar-refractivity contribution is 0.416. The van der Waals surface area contributed by atoms with Gasteiger partial charge < -0.3 is 9.30 Å². The number of fused-ring (bicyclic) bond motifs is 1. The minimum Gasteiger partial charge on any atom is -0.496 e. The van der Waals surface area contributed by atoms with E-state index in [1.54, 1.807) is 37.6 Å². The van der Waals surface area contributed by atoms with Crippen molar-refractivity contribution in [3.8, 4) is 28.0 Å². The Morgan fingerprint density at radius 1 is 1.00 bits per heavy atom. The normalized spacial score (nSPS) is 11.7. The Bertz CT molecular complexity index is 1470. The first-order chi connectivity index (χ1) is 14.7. The molecule has 0 aliphatic heterocycles. The topological polar surface area (TPSA) is 83.2 Å². The molecule has 4 aromatic rings. The molecule has 0 spiro atoms. The second-order valence-corrected chi connectivity index (χ2v) is 9.45. The molecule has 0 N–H and O–H groups in total. The van der Waals surface area contributed by atoms with Crippen molar-refractivity contribution in [3.63, 3.8) is 0 Å². The number of sulfone groups is 1. The number of nitrogens with zero attached hydrogens (tertiary/aromatic N) is 3. The number of methoxy groups -OCH3 is 1. The predicted molar refractivity (Wildman–Crippen MR) is 121 cm³/mol. The summed E-state index contributed by atoms with van der Waals surface area (Å²) >= 11 is 0. The Hall–Kier alpha value is -3.39. The van der Waals surface area contributed by atoms with Gasteiger partial charge in [-0.25, -0.2) is 8.42 Å². The number of pyridine rings is 1. The molecule has 0 amide bonds. The second kappa shape index (κ2) is 7.70. The maximum Gasteiger partial charge on any atom is 0.258 e. The third kappa shape index (κ3) is 3.74. The summed E-state index contributed by atoms with van der Waals surface area (Å²) in [5, 5.41) is 5.59. The molecule has 160 valence electrons. The van der Waals surface area contributed by atoms with Crippen LogP contribution in [0.5, 0.6) is 5.75 Å². The fraction of sp³-hybridized carbons (Fsp3) is 0.217. The molecule has 0 unspecified atom stereocenters. The van der Waals surface area contributed by atoms with Gasteiger partial charge in [-0.15, -0.1) is 0 Å². The highest BCUT2D eigenvalue weighted by molar-refractivity contribution is 7.90. The van der Waals surface area contributed by atoms with Gasteiger partial charge in [0.25, 0.3) is 5.56 Å². The predicted octanol–water partition coefficient (Wildman–Crippen LogP) is 3.50. The first-order valence-electron chi connectivity index (χ1n) is 9.77. The van der Waals surface area contributed by atoms with Crippen molar-refractivity contribution in [2.24, 2.45) is 7.05 Å². The molecular formula is C23H23N3O4S. The van der Waals surface area contributed by atoms with Gasteiger partial charge in [0.1, 0.15) is 5.75 Å². The van der Waals surface area contributed by atoms with Crippen molar-refractivity contribution in [1.82, 2.24) is 14.3 Å². The van der Waals surface area contributed by atoms with E-state index in [2.05, 4.69) is 5.10 Å². The Balaban J connectivity index is 2.05. The van der Waals surface area contributed by atoms with E-state index < -0.39 is 9.84 Å². The zero-order valence-electron chi connectivity index (χ0n) is 17.8. The summed E-state index contributed by atoms with van der Waals surface area (Å²) in [5.41, 5.74) is 3.04. The highest BCUT2D eigenvalue weighted by Gasteiger charge is 2.17. The van der Waals surface area contributed by atoms with Crippen molar-refractivity contribution >= 4 is 20.6 Å². The molecule has 7 nitrogen and oxygen atoms in total. The molecule has 2 aromatic carbocycles. The van der Waals surface area contributed by atoms with E-state index in [9.17, 15) is 13.2 Å². The van der Waals surface area contributed by atoms with Crippen LogP contribution in [0.4, 0.5) is 0 Å². The molecule has 2 aromatic heterocycles. The average molecular weight is 438 g/mol. The molecular weight excluding hydrogens is 414 g/mol. The molecule has 4 rings (SSSR count). The lowest BCUT2D eigenvalue weighted by Gasteiger charge is -2.15. The summed E-state index contributed by atoms with van der Waals surface area (Å²) in [4.78, 5) is 13.0. The fourth-order valence-corrected chi connectivity index (χ4v) is 4.32. The maximum atomic E-state index is 12.8. The summed E-state index contributed by atoms with van der Waals surface area (Å²) in [6.07, 6.45) is 6.62. The van der Waals surface area contributed by atoms with Crippen LogP contribution in [0.25, 0.3) is 33.0 Å². The van der Waals surface area contributed by atoms with Crippen molar-refractivity contribution in [1.29, 1.82) is 0 Å². The molecule has 8 heteroatoms. The summed E-state index contributed by atoms with van der Waals surface area (Å²) in [7, 11) is -0.203. The zero-order chi connectivity index (χ0) is 22.3. The molecule has 0 saturated heterocycles. The van der Waals surface area contributed by atoms with Crippen LogP contribution < -0.4 is 10.3 Å². The van der Waals surface area contributed by atoms with Gasteiger partial charge in [-0.1, -0.05) is 6.07 Å². The third-order valence-electron chi connectivity index (χ3n) is 5.36. The van der Waals surface area contributed by atoms with Crippen molar-refractivity contribution in [2.75, 3.05) is 13.4 Å². The number of aromatic nitrogens is 3. The Kier molecular flexibility index (Phi) is 5.18. The smallest absolute Gasteiger partial charge is 0.258 e. The molecule has 2 heterocycles. The van der Waals surface area contributed by atoms with Gasteiger partial charge in [0.05, 0.1) is 18.2 Å². The van der Waals surface area contributed by atoms with Gasteiger partial charge in [-0.3, -0.25) is 9.48 Å². The van der Waals surface area contributed by atoms with Gasteiger partial charge in [-0.2, -0.15) is 5.10 Å². The Morgan fingerprint density at radius 3 is 2.42 bits per heavy atom. The van der Waals surface area contributed by atoms with Gasteiger partial charge in [0.15, 0.2) is 9.84 Å². The van der Waals surface area contributed by atoms with E-state index >= 15 is 0 Å². The second-order valence-electron chi connectivity index (χ2n) is 7.44. The molecule has 0 saturated carbocycles. The van der Waals surface area contributed by atoms with Crippen LogP contribution in [-0.4, -0.2) is 36.1 Å². The van der Waals surface area contributed by atoms with Gasteiger partial charge in [0.2, 0.25) is 0 Å². The lowest BCUT2D eigenvalue weighted by atomic mass is 9.97. The van der Waals surface area contributed by atoms with E-state index in [1.807, 2.05) is 29.9 Å². The van der Waals surface area contributed by atoms with Crippen LogP contribution in [0, 0.1) is 0 Å². The highest BCUT2D eigenvalue weighted by atomic mass is 32.2. The van der Waals surface area contributed by atoms with Gasteiger partial charge in [-0.05, 0) is 48.2 Å². The maximum absolute atomic E-state index is 12.8. The number of hydrogen-bond acceptors (Lipinski definition) is 5. The van der Waals surface area contributed by atoms with E-state index in [-0.39, 0.29) is 10.5 Å². The van der Waals surface area contributed by atoms with E-state index in [1.165, 1.54) is 24.0 Å². The molecule has 31 heavy (non-hydrogen) atoms. The molecule has 0 fully saturated rings. The summed E-state index contributed by atoms with van der Waals surface area (Å²) < 4.78 is 33.2. The fourth-order valence-electron chi connectivity index (χ4n) is 3.67. The van der Waals surface area contributed by atoms with Crippen molar-refractivity contribution in [3.05, 3.63) is 65.3 Å². The number of rotatable bonds is 5. The zero-order valence-corrected chi connectivity index (χ0v) is 18.6. The number of ether oxygens (including phenoxy) is 1. The average Bonchev–Trinajstić information content (AvgIpc) is 3.24. The van der Waals surface area contributed by atoms with Crippen LogP contribution in [0.15, 0.2) is 64.7 Å². The third-order valence-corrected chi connectivity index (χ3v) is 6.47. The van der Waals surface area contributed by atoms with Crippen LogP contribution in [0.1, 0.15) is 6.92 Å². The quantitative estimate of drug-likeness (QED) is 0.477. The number of hydrogen-bond donors (Lipinski definition) is 0. The van der Waals surface area contributed by atoms with Crippen molar-refractivity contribution in [2.45, 2.75) is 18.4 Å². The summed E-state index contributed by atoms with van der Waals surface area (Å²) in [6, 6.07) is 10.4. The monoisotopic (exact) mass is 437 g/mol. The summed E-state index contributed by atoms with van der Waals surface area (Å²) in [6.45, 7) is 2.77. The van der Waals surface area contributed by atoms with E-state index in [4.69, 9.17) is 4.74 Å². The van der Waals surface area contributed by atoms with Crippen LogP contribution in [-0.2, 0) is 23.4 Å². The molecule has 0 bridgehead atoms. The Labute approximate surface area is 180 Å². The largest absolute Gasteiger partial charge is 0.496 e. The SMILES string of the molecule is CCn1cc(-c2ccc3c(=O)n(C)cc(-c4cc(S(C)(=O)=O)ccc4OC)c3c2)cn1. The molecule has 0 aliphatic rings. The first kappa shape index (κ1) is 20.9. The lowest BCUT2D eigenvalue weighted by Crippen LogP contribution is -2.16. The van der Waals surface area contributed by atoms with Gasteiger partial charge in [0, 0.05) is 54.3 Å².